The summed E-state index contributed by atoms with van der Waals surface area (Å²) in [6.07, 6.45) is 8.38. The van der Waals surface area contributed by atoms with E-state index in [1.54, 1.807) is 31.4 Å². The van der Waals surface area contributed by atoms with Gasteiger partial charge in [-0.2, -0.15) is 0 Å². The van der Waals surface area contributed by atoms with Crippen molar-refractivity contribution in [2.75, 3.05) is 39.0 Å². The third-order valence-corrected chi connectivity index (χ3v) is 4.67. The van der Waals surface area contributed by atoms with E-state index in [2.05, 4.69) is 25.2 Å². The van der Waals surface area contributed by atoms with Gasteiger partial charge in [-0.25, -0.2) is 9.97 Å². The number of aromatic nitrogens is 3. The molecule has 0 atom stereocenters. The Morgan fingerprint density at radius 3 is 2.73 bits per heavy atom. The van der Waals surface area contributed by atoms with E-state index >= 15 is 0 Å². The number of nitrogens with zero attached hydrogens (tertiary/aromatic N) is 5. The molecule has 7 heteroatoms. The second-order valence-electron chi connectivity index (χ2n) is 6.95. The molecule has 26 heavy (non-hydrogen) atoms. The molecule has 1 fully saturated rings. The minimum Gasteiger partial charge on any atom is -0.348 e. The summed E-state index contributed by atoms with van der Waals surface area (Å²) in [5, 5.41) is 3.19. The van der Waals surface area contributed by atoms with Crippen LogP contribution in [0.1, 0.15) is 18.5 Å². The van der Waals surface area contributed by atoms with E-state index in [1.807, 2.05) is 24.4 Å². The summed E-state index contributed by atoms with van der Waals surface area (Å²) in [7, 11) is 3.61. The van der Waals surface area contributed by atoms with Crippen LogP contribution in [0.2, 0.25) is 0 Å². The fourth-order valence-corrected chi connectivity index (χ4v) is 3.11. The molecule has 1 N–H and O–H groups in total. The summed E-state index contributed by atoms with van der Waals surface area (Å²) in [6, 6.07) is 5.71. The van der Waals surface area contributed by atoms with E-state index in [9.17, 15) is 4.79 Å². The molecule has 2 aromatic rings. The maximum Gasteiger partial charge on any atom is 0.236 e. The number of anilines is 2. The largest absolute Gasteiger partial charge is 0.348 e. The molecule has 0 bridgehead atoms. The number of likely N-dealkylation sites (N-methyl/N-ethyl adjacent to an activating group) is 1. The maximum atomic E-state index is 11.8. The molecule has 1 aliphatic rings. The van der Waals surface area contributed by atoms with Crippen LogP contribution >= 0.6 is 0 Å². The highest BCUT2D eigenvalue weighted by molar-refractivity contribution is 5.77. The Bertz CT molecular complexity index is 713. The van der Waals surface area contributed by atoms with Crippen LogP contribution in [0.5, 0.6) is 0 Å². The van der Waals surface area contributed by atoms with Crippen molar-refractivity contribution in [2.45, 2.75) is 19.3 Å². The first-order chi connectivity index (χ1) is 12.6. The predicted octanol–water partition coefficient (Wildman–Crippen LogP) is 1.96. The average Bonchev–Trinajstić information content (AvgIpc) is 2.64. The average molecular weight is 354 g/mol. The smallest absolute Gasteiger partial charge is 0.236 e. The second-order valence-corrected chi connectivity index (χ2v) is 6.95. The molecule has 138 valence electrons. The lowest BCUT2D eigenvalue weighted by atomic mass is 9.92. The molecule has 0 aromatic carbocycles. The lowest BCUT2D eigenvalue weighted by Crippen LogP contribution is -2.41. The van der Waals surface area contributed by atoms with Crippen molar-refractivity contribution in [3.8, 4) is 0 Å². The fraction of sp³-hybridized carbons (Fsp3) is 0.474. The molecule has 0 spiro atoms. The highest BCUT2D eigenvalue weighted by Crippen LogP contribution is 2.21. The van der Waals surface area contributed by atoms with Crippen molar-refractivity contribution in [1.29, 1.82) is 0 Å². The van der Waals surface area contributed by atoms with Crippen molar-refractivity contribution >= 4 is 17.5 Å². The monoisotopic (exact) mass is 354 g/mol. The number of nitrogens with one attached hydrogen (secondary N) is 1. The van der Waals surface area contributed by atoms with Gasteiger partial charge in [0.15, 0.2) is 0 Å². The van der Waals surface area contributed by atoms with Crippen molar-refractivity contribution in [2.24, 2.45) is 5.92 Å². The molecule has 0 aliphatic carbocycles. The van der Waals surface area contributed by atoms with Crippen LogP contribution in [0.4, 0.5) is 11.6 Å². The molecule has 7 nitrogen and oxygen atoms in total. The Kier molecular flexibility index (Phi) is 6.12. The highest BCUT2D eigenvalue weighted by Gasteiger charge is 2.22. The zero-order valence-corrected chi connectivity index (χ0v) is 15.4. The minimum atomic E-state index is 0.169. The van der Waals surface area contributed by atoms with Crippen molar-refractivity contribution < 1.29 is 4.79 Å². The van der Waals surface area contributed by atoms with Crippen LogP contribution in [0.15, 0.2) is 36.8 Å². The zero-order chi connectivity index (χ0) is 18.4. The lowest BCUT2D eigenvalue weighted by Gasteiger charge is -2.31. The Morgan fingerprint density at radius 1 is 1.23 bits per heavy atom. The standard InChI is InChI=1S/C19H26N6O/c1-24(2)19(26)14-25-9-6-15(7-10-25)11-16-12-20-13-18(22-16)23-17-5-3-4-8-21-17/h3-5,8,12-13,15H,6-7,9-11,14H2,1-2H3,(H,21,22,23). The SMILES string of the molecule is CN(C)C(=O)CN1CCC(Cc2cncc(Nc3ccccn3)n2)CC1. The first kappa shape index (κ1) is 18.3. The number of hydrogen-bond acceptors (Lipinski definition) is 6. The molecule has 0 unspecified atom stereocenters. The van der Waals surface area contributed by atoms with Gasteiger partial charge >= 0.3 is 0 Å². The molecule has 1 amide bonds. The van der Waals surface area contributed by atoms with E-state index in [0.717, 1.165) is 49.7 Å². The van der Waals surface area contributed by atoms with E-state index in [1.165, 1.54) is 0 Å². The lowest BCUT2D eigenvalue weighted by molar-refractivity contribution is -0.130. The number of carbonyl (C=O) groups is 1. The number of pyridine rings is 1. The van der Waals surface area contributed by atoms with E-state index in [-0.39, 0.29) is 5.91 Å². The summed E-state index contributed by atoms with van der Waals surface area (Å²) >= 11 is 0. The van der Waals surface area contributed by atoms with Crippen LogP contribution in [0.25, 0.3) is 0 Å². The molecule has 0 radical (unpaired) electrons. The van der Waals surface area contributed by atoms with Crippen LogP contribution in [0, 0.1) is 5.92 Å². The first-order valence-electron chi connectivity index (χ1n) is 9.01. The van der Waals surface area contributed by atoms with Gasteiger partial charge in [0.05, 0.1) is 18.4 Å². The maximum absolute atomic E-state index is 11.8. The summed E-state index contributed by atoms with van der Waals surface area (Å²) in [6.45, 7) is 2.44. The van der Waals surface area contributed by atoms with Crippen LogP contribution < -0.4 is 5.32 Å². The summed E-state index contributed by atoms with van der Waals surface area (Å²) in [5.74, 6) is 2.23. The predicted molar refractivity (Wildman–Crippen MR) is 101 cm³/mol. The van der Waals surface area contributed by atoms with E-state index in [0.29, 0.717) is 12.5 Å². The number of likely N-dealkylation sites (tertiary alicyclic amines) is 1. The van der Waals surface area contributed by atoms with E-state index in [4.69, 9.17) is 0 Å². The van der Waals surface area contributed by atoms with Gasteiger partial charge in [0.1, 0.15) is 11.6 Å². The van der Waals surface area contributed by atoms with Gasteiger partial charge in [-0.3, -0.25) is 14.7 Å². The highest BCUT2D eigenvalue weighted by atomic mass is 16.2. The number of carbonyl (C=O) groups excluding carboxylic acids is 1. The molecule has 0 saturated carbocycles. The quantitative estimate of drug-likeness (QED) is 0.855. The molecule has 3 heterocycles. The number of hydrogen-bond donors (Lipinski definition) is 1. The number of piperidine rings is 1. The molecule has 1 saturated heterocycles. The zero-order valence-electron chi connectivity index (χ0n) is 15.4. The Labute approximate surface area is 154 Å². The first-order valence-corrected chi connectivity index (χ1v) is 9.01. The van der Waals surface area contributed by atoms with Gasteiger partial charge in [-0.15, -0.1) is 0 Å². The number of rotatable bonds is 6. The van der Waals surface area contributed by atoms with Gasteiger partial charge in [0, 0.05) is 26.5 Å². The molecular formula is C19H26N6O. The fourth-order valence-electron chi connectivity index (χ4n) is 3.11. The summed E-state index contributed by atoms with van der Waals surface area (Å²) in [5.41, 5.74) is 0.994. The summed E-state index contributed by atoms with van der Waals surface area (Å²) in [4.78, 5) is 28.9. The molecular weight excluding hydrogens is 328 g/mol. The van der Waals surface area contributed by atoms with Gasteiger partial charge in [-0.1, -0.05) is 6.07 Å². The van der Waals surface area contributed by atoms with Gasteiger partial charge in [0.2, 0.25) is 5.91 Å². The van der Waals surface area contributed by atoms with Gasteiger partial charge in [-0.05, 0) is 50.4 Å². The Morgan fingerprint density at radius 2 is 2.04 bits per heavy atom. The Hall–Kier alpha value is -2.54. The third kappa shape index (κ3) is 5.23. The minimum absolute atomic E-state index is 0.169. The van der Waals surface area contributed by atoms with Crippen molar-refractivity contribution in [3.05, 3.63) is 42.5 Å². The summed E-state index contributed by atoms with van der Waals surface area (Å²) < 4.78 is 0. The van der Waals surface area contributed by atoms with Gasteiger partial charge < -0.3 is 10.2 Å². The normalized spacial score (nSPS) is 15.6. The third-order valence-electron chi connectivity index (χ3n) is 4.67. The molecule has 1 aliphatic heterocycles. The van der Waals surface area contributed by atoms with Crippen LogP contribution in [-0.4, -0.2) is 64.4 Å². The Balaban J connectivity index is 1.51. The van der Waals surface area contributed by atoms with Gasteiger partial charge in [0.25, 0.3) is 0 Å². The number of amides is 1. The van der Waals surface area contributed by atoms with Crippen LogP contribution in [0.3, 0.4) is 0 Å². The topological polar surface area (TPSA) is 74.2 Å². The molecule has 3 rings (SSSR count). The van der Waals surface area contributed by atoms with Crippen LogP contribution in [-0.2, 0) is 11.2 Å². The van der Waals surface area contributed by atoms with Crippen molar-refractivity contribution in [3.63, 3.8) is 0 Å². The van der Waals surface area contributed by atoms with Crippen molar-refractivity contribution in [1.82, 2.24) is 24.8 Å². The molecule has 2 aromatic heterocycles. The second kappa shape index (κ2) is 8.71. The van der Waals surface area contributed by atoms with E-state index < -0.39 is 0 Å².